The third kappa shape index (κ3) is 4.30. The van der Waals surface area contributed by atoms with Crippen molar-refractivity contribution < 1.29 is 4.74 Å². The molecule has 0 amide bonds. The normalized spacial score (nSPS) is 11.5. The van der Waals surface area contributed by atoms with Crippen LogP contribution in [0, 0.1) is 0 Å². The van der Waals surface area contributed by atoms with E-state index in [9.17, 15) is 0 Å². The molecule has 0 aliphatic rings. The number of ether oxygens (including phenoxy) is 1. The minimum absolute atomic E-state index is 0.683. The van der Waals surface area contributed by atoms with Crippen LogP contribution in [0.3, 0.4) is 0 Å². The largest absolute Gasteiger partial charge is 0.496 e. The van der Waals surface area contributed by atoms with Crippen molar-refractivity contribution in [3.05, 3.63) is 42.4 Å². The van der Waals surface area contributed by atoms with Crippen molar-refractivity contribution in [3.63, 3.8) is 0 Å². The van der Waals surface area contributed by atoms with E-state index in [4.69, 9.17) is 4.74 Å². The smallest absolute Gasteiger partial charge is 0.193 e. The lowest BCUT2D eigenvalue weighted by atomic mass is 10.2. The lowest BCUT2D eigenvalue weighted by molar-refractivity contribution is 0.396. The summed E-state index contributed by atoms with van der Waals surface area (Å²) in [6.45, 7) is 2.07. The number of para-hydroxylation sites is 1. The molecule has 0 aliphatic heterocycles. The second kappa shape index (κ2) is 9.03. The maximum Gasteiger partial charge on any atom is 0.193 e. The van der Waals surface area contributed by atoms with E-state index in [-0.39, 0.29) is 0 Å². The molecule has 0 spiro atoms. The van der Waals surface area contributed by atoms with Crippen molar-refractivity contribution in [2.75, 3.05) is 39.6 Å². The molecule has 0 radical (unpaired) electrons. The van der Waals surface area contributed by atoms with E-state index >= 15 is 0 Å². The van der Waals surface area contributed by atoms with E-state index < -0.39 is 0 Å². The standard InChI is InChI=1S/C19H26N8O/c1-20-19(26(2)12-14-7-5-6-8-16(14)28-4)22-10-9-21-17-15-11-25-27(3)18(15)24-13-23-17/h5-8,11,13H,9-10,12H2,1-4H3,(H,20,22)(H,21,23,24). The molecule has 2 aromatic heterocycles. The van der Waals surface area contributed by atoms with E-state index in [1.54, 1.807) is 31.4 Å². The molecule has 9 nitrogen and oxygen atoms in total. The number of nitrogens with one attached hydrogen (secondary N) is 2. The molecular weight excluding hydrogens is 356 g/mol. The monoisotopic (exact) mass is 382 g/mol. The maximum atomic E-state index is 5.43. The van der Waals surface area contributed by atoms with Gasteiger partial charge in [0.1, 0.15) is 17.9 Å². The lowest BCUT2D eigenvalue weighted by Gasteiger charge is -2.23. The second-order valence-corrected chi connectivity index (χ2v) is 6.30. The van der Waals surface area contributed by atoms with E-state index in [0.717, 1.165) is 34.1 Å². The number of nitrogens with zero attached hydrogens (tertiary/aromatic N) is 6. The topological polar surface area (TPSA) is 92.5 Å². The Labute approximate surface area is 164 Å². The summed E-state index contributed by atoms with van der Waals surface area (Å²) >= 11 is 0. The fourth-order valence-corrected chi connectivity index (χ4v) is 3.01. The Hall–Kier alpha value is -3.36. The van der Waals surface area contributed by atoms with Crippen LogP contribution >= 0.6 is 0 Å². The summed E-state index contributed by atoms with van der Waals surface area (Å²) in [6, 6.07) is 7.99. The summed E-state index contributed by atoms with van der Waals surface area (Å²) in [6.07, 6.45) is 3.31. The van der Waals surface area contributed by atoms with Gasteiger partial charge in [-0.15, -0.1) is 0 Å². The first-order valence-corrected chi connectivity index (χ1v) is 9.04. The highest BCUT2D eigenvalue weighted by Crippen LogP contribution is 2.19. The average Bonchev–Trinajstić information content (AvgIpc) is 3.10. The van der Waals surface area contributed by atoms with Gasteiger partial charge in [-0.25, -0.2) is 9.97 Å². The number of methoxy groups -OCH3 is 1. The van der Waals surface area contributed by atoms with E-state index in [0.29, 0.717) is 19.6 Å². The minimum atomic E-state index is 0.683. The molecule has 148 valence electrons. The van der Waals surface area contributed by atoms with Crippen LogP contribution in [0.1, 0.15) is 5.56 Å². The van der Waals surface area contributed by atoms with E-state index in [1.165, 1.54) is 0 Å². The van der Waals surface area contributed by atoms with Crippen LogP contribution in [-0.4, -0.2) is 64.9 Å². The quantitative estimate of drug-likeness (QED) is 0.363. The van der Waals surface area contributed by atoms with Gasteiger partial charge in [-0.05, 0) is 6.07 Å². The van der Waals surface area contributed by atoms with Gasteiger partial charge in [0, 0.05) is 46.3 Å². The number of aryl methyl sites for hydroxylation is 1. The minimum Gasteiger partial charge on any atom is -0.496 e. The van der Waals surface area contributed by atoms with Crippen molar-refractivity contribution >= 4 is 22.8 Å². The number of guanidine groups is 1. The predicted octanol–water partition coefficient (Wildman–Crippen LogP) is 1.49. The number of fused-ring (bicyclic) bond motifs is 1. The van der Waals surface area contributed by atoms with Gasteiger partial charge in [-0.1, -0.05) is 18.2 Å². The fraction of sp³-hybridized carbons (Fsp3) is 0.368. The number of aromatic nitrogens is 4. The summed E-state index contributed by atoms with van der Waals surface area (Å²) < 4.78 is 7.16. The number of rotatable bonds is 7. The Bertz CT molecular complexity index is 952. The van der Waals surface area contributed by atoms with Crippen LogP contribution in [0.5, 0.6) is 5.75 Å². The van der Waals surface area contributed by atoms with Gasteiger partial charge in [0.2, 0.25) is 0 Å². The number of anilines is 1. The molecule has 3 rings (SSSR count). The summed E-state index contributed by atoms with van der Waals surface area (Å²) in [5.74, 6) is 2.45. The highest BCUT2D eigenvalue weighted by atomic mass is 16.5. The first-order chi connectivity index (χ1) is 13.6. The molecule has 0 bridgehead atoms. The Kier molecular flexibility index (Phi) is 6.25. The van der Waals surface area contributed by atoms with Crippen molar-refractivity contribution in [1.82, 2.24) is 30.0 Å². The number of hydrogen-bond donors (Lipinski definition) is 2. The highest BCUT2D eigenvalue weighted by Gasteiger charge is 2.10. The molecule has 2 heterocycles. The summed E-state index contributed by atoms with van der Waals surface area (Å²) in [5.41, 5.74) is 1.91. The fourth-order valence-electron chi connectivity index (χ4n) is 3.01. The van der Waals surface area contributed by atoms with Crippen LogP contribution < -0.4 is 15.4 Å². The molecular formula is C19H26N8O. The van der Waals surface area contributed by atoms with Gasteiger partial charge >= 0.3 is 0 Å². The zero-order chi connectivity index (χ0) is 19.9. The van der Waals surface area contributed by atoms with E-state index in [1.807, 2.05) is 32.3 Å². The molecule has 0 unspecified atom stereocenters. The third-order valence-corrected chi connectivity index (χ3v) is 4.40. The Morgan fingerprint density at radius 1 is 1.25 bits per heavy atom. The molecule has 0 saturated heterocycles. The molecule has 0 saturated carbocycles. The predicted molar refractivity (Wildman–Crippen MR) is 111 cm³/mol. The molecule has 3 aromatic rings. The Morgan fingerprint density at radius 2 is 2.07 bits per heavy atom. The van der Waals surface area contributed by atoms with E-state index in [2.05, 4.69) is 41.7 Å². The van der Waals surface area contributed by atoms with Crippen LogP contribution in [0.25, 0.3) is 11.0 Å². The summed E-state index contributed by atoms with van der Waals surface area (Å²) in [4.78, 5) is 15.0. The zero-order valence-corrected chi connectivity index (χ0v) is 16.7. The first kappa shape index (κ1) is 19.4. The van der Waals surface area contributed by atoms with Gasteiger partial charge in [-0.3, -0.25) is 9.67 Å². The van der Waals surface area contributed by atoms with Crippen molar-refractivity contribution in [2.45, 2.75) is 6.54 Å². The Balaban J connectivity index is 1.54. The van der Waals surface area contributed by atoms with Crippen LogP contribution in [-0.2, 0) is 13.6 Å². The molecule has 2 N–H and O–H groups in total. The molecule has 9 heteroatoms. The van der Waals surface area contributed by atoms with Crippen molar-refractivity contribution in [2.24, 2.45) is 12.0 Å². The second-order valence-electron chi connectivity index (χ2n) is 6.30. The average molecular weight is 382 g/mol. The van der Waals surface area contributed by atoms with Gasteiger partial charge in [0.05, 0.1) is 18.7 Å². The van der Waals surface area contributed by atoms with Crippen LogP contribution in [0.2, 0.25) is 0 Å². The molecule has 1 aromatic carbocycles. The maximum absolute atomic E-state index is 5.43. The summed E-state index contributed by atoms with van der Waals surface area (Å²) in [7, 11) is 7.32. The molecule has 0 fully saturated rings. The third-order valence-electron chi connectivity index (χ3n) is 4.40. The molecule has 28 heavy (non-hydrogen) atoms. The Morgan fingerprint density at radius 3 is 2.86 bits per heavy atom. The number of aliphatic imine (C=N–C) groups is 1. The zero-order valence-electron chi connectivity index (χ0n) is 16.7. The van der Waals surface area contributed by atoms with Gasteiger partial charge in [0.25, 0.3) is 0 Å². The molecule has 0 atom stereocenters. The van der Waals surface area contributed by atoms with Crippen LogP contribution in [0.15, 0.2) is 41.8 Å². The van der Waals surface area contributed by atoms with Crippen molar-refractivity contribution in [1.29, 1.82) is 0 Å². The summed E-state index contributed by atoms with van der Waals surface area (Å²) in [5, 5.41) is 11.8. The highest BCUT2D eigenvalue weighted by molar-refractivity contribution is 5.86. The van der Waals surface area contributed by atoms with Gasteiger partial charge in [0.15, 0.2) is 11.6 Å². The lowest BCUT2D eigenvalue weighted by Crippen LogP contribution is -2.40. The van der Waals surface area contributed by atoms with Gasteiger partial charge < -0.3 is 20.3 Å². The van der Waals surface area contributed by atoms with Crippen LogP contribution in [0.4, 0.5) is 5.82 Å². The SMILES string of the molecule is CN=C(NCCNc1ncnc2c1cnn2C)N(C)Cc1ccccc1OC. The first-order valence-electron chi connectivity index (χ1n) is 9.04. The van der Waals surface area contributed by atoms with Crippen molar-refractivity contribution in [3.8, 4) is 5.75 Å². The van der Waals surface area contributed by atoms with Gasteiger partial charge in [-0.2, -0.15) is 5.10 Å². The molecule has 0 aliphatic carbocycles. The number of hydrogen-bond acceptors (Lipinski definition) is 6. The number of benzene rings is 1.